The normalized spacial score (nSPS) is 14.8. The summed E-state index contributed by atoms with van der Waals surface area (Å²) in [5.41, 5.74) is 1.28. The van der Waals surface area contributed by atoms with Crippen molar-refractivity contribution in [2.24, 2.45) is 0 Å². The zero-order chi connectivity index (χ0) is 28.3. The third-order valence-electron chi connectivity index (χ3n) is 6.97. The molecule has 2 unspecified atom stereocenters. The van der Waals surface area contributed by atoms with Gasteiger partial charge in [-0.25, -0.2) is 14.2 Å². The Morgan fingerprint density at radius 3 is 2.69 bits per heavy atom. The number of carboxylic acid groups (broad SMARTS) is 1. The molecule has 0 fully saturated rings. The van der Waals surface area contributed by atoms with Crippen molar-refractivity contribution < 1.29 is 27.8 Å². The molecular formula is C29H39F3N4O3. The molecule has 2 aromatic rings. The number of hydrogen-bond acceptors (Lipinski definition) is 6. The molecule has 1 aliphatic heterocycles. The minimum atomic E-state index is -3.44. The maximum absolute atomic E-state index is 14.8. The SMILES string of the molecule is C=C(NC(CCN(CCCCc1ccc2c(n1)NCCC2)CC(CF)OC)C(=O)O)C(F)(F)c1ccccc1. The van der Waals surface area contributed by atoms with Crippen LogP contribution in [0.25, 0.3) is 0 Å². The summed E-state index contributed by atoms with van der Waals surface area (Å²) in [6, 6.07) is 10.0. The van der Waals surface area contributed by atoms with Crippen molar-refractivity contribution in [3.8, 4) is 0 Å². The summed E-state index contributed by atoms with van der Waals surface area (Å²) in [4.78, 5) is 18.5. The van der Waals surface area contributed by atoms with E-state index >= 15 is 0 Å². The van der Waals surface area contributed by atoms with Gasteiger partial charge in [-0.2, -0.15) is 8.78 Å². The number of carbonyl (C=O) groups is 1. The molecule has 2 atom stereocenters. The molecule has 0 amide bonds. The summed E-state index contributed by atoms with van der Waals surface area (Å²) in [6.07, 6.45) is 3.91. The highest BCUT2D eigenvalue weighted by molar-refractivity contribution is 5.73. The van der Waals surface area contributed by atoms with E-state index in [2.05, 4.69) is 29.3 Å². The molecule has 1 aromatic heterocycles. The number of rotatable bonds is 17. The molecule has 0 saturated heterocycles. The number of fused-ring (bicyclic) bond motifs is 1. The average Bonchev–Trinajstić information content (AvgIpc) is 2.95. The number of anilines is 1. The number of alkyl halides is 3. The van der Waals surface area contributed by atoms with E-state index < -0.39 is 36.4 Å². The molecular weight excluding hydrogens is 509 g/mol. The number of methoxy groups -OCH3 is 1. The lowest BCUT2D eigenvalue weighted by Crippen LogP contribution is -2.44. The Morgan fingerprint density at radius 2 is 2.00 bits per heavy atom. The lowest BCUT2D eigenvalue weighted by molar-refractivity contribution is -0.139. The first-order valence-electron chi connectivity index (χ1n) is 13.4. The van der Waals surface area contributed by atoms with Crippen molar-refractivity contribution >= 4 is 11.8 Å². The Labute approximate surface area is 228 Å². The number of allylic oxidation sites excluding steroid dienone is 1. The second-order valence-corrected chi connectivity index (χ2v) is 9.85. The van der Waals surface area contributed by atoms with Crippen LogP contribution in [0.2, 0.25) is 0 Å². The van der Waals surface area contributed by atoms with E-state index in [9.17, 15) is 23.1 Å². The first-order chi connectivity index (χ1) is 18.7. The largest absolute Gasteiger partial charge is 0.480 e. The zero-order valence-corrected chi connectivity index (χ0v) is 22.5. The van der Waals surface area contributed by atoms with Crippen LogP contribution in [0.15, 0.2) is 54.7 Å². The molecule has 0 saturated carbocycles. The third-order valence-corrected chi connectivity index (χ3v) is 6.97. The summed E-state index contributed by atoms with van der Waals surface area (Å²) in [6.45, 7) is 4.78. The fourth-order valence-electron chi connectivity index (χ4n) is 4.61. The minimum absolute atomic E-state index is 0.0278. The standard InChI is InChI=1S/C29H39F3N4O3/c1-21(29(31,32)23-10-4-3-5-11-23)34-26(28(37)38)15-18-36(20-25(19-30)39-2)17-7-6-12-24-14-13-22-9-8-16-33-27(22)35-24/h3-5,10-11,13-14,25-26,34H,1,6-9,12,15-20H2,2H3,(H,33,35)(H,37,38). The molecule has 1 aromatic carbocycles. The van der Waals surface area contributed by atoms with Crippen molar-refractivity contribution in [2.45, 2.75) is 56.6 Å². The summed E-state index contributed by atoms with van der Waals surface area (Å²) in [5.74, 6) is -3.75. The van der Waals surface area contributed by atoms with Gasteiger partial charge in [0, 0.05) is 38.0 Å². The van der Waals surface area contributed by atoms with E-state index in [4.69, 9.17) is 9.72 Å². The molecule has 1 aliphatic rings. The van der Waals surface area contributed by atoms with Gasteiger partial charge in [0.25, 0.3) is 0 Å². The van der Waals surface area contributed by atoms with E-state index in [0.717, 1.165) is 50.2 Å². The van der Waals surface area contributed by atoms with Crippen LogP contribution in [0, 0.1) is 0 Å². The number of aromatic nitrogens is 1. The Morgan fingerprint density at radius 1 is 1.23 bits per heavy atom. The number of carboxylic acids is 1. The highest BCUT2D eigenvalue weighted by atomic mass is 19.3. The van der Waals surface area contributed by atoms with Crippen LogP contribution in [-0.4, -0.2) is 73.1 Å². The van der Waals surface area contributed by atoms with Gasteiger partial charge in [0.2, 0.25) is 0 Å². The number of nitrogens with one attached hydrogen (secondary N) is 2. The minimum Gasteiger partial charge on any atom is -0.480 e. The van der Waals surface area contributed by atoms with E-state index in [1.165, 1.54) is 36.9 Å². The first kappa shape index (κ1) is 30.4. The number of unbranched alkanes of at least 4 members (excludes halogenated alkanes) is 1. The van der Waals surface area contributed by atoms with Crippen molar-refractivity contribution in [2.75, 3.05) is 45.3 Å². The van der Waals surface area contributed by atoms with Gasteiger partial charge >= 0.3 is 11.9 Å². The van der Waals surface area contributed by atoms with Gasteiger partial charge in [0.1, 0.15) is 18.5 Å². The first-order valence-corrected chi connectivity index (χ1v) is 13.4. The van der Waals surface area contributed by atoms with Crippen LogP contribution in [0.4, 0.5) is 19.0 Å². The van der Waals surface area contributed by atoms with Crippen LogP contribution < -0.4 is 10.6 Å². The van der Waals surface area contributed by atoms with Crippen molar-refractivity contribution in [1.29, 1.82) is 0 Å². The summed E-state index contributed by atoms with van der Waals surface area (Å²) < 4.78 is 48.3. The molecule has 10 heteroatoms. The fourth-order valence-corrected chi connectivity index (χ4v) is 4.61. The zero-order valence-electron chi connectivity index (χ0n) is 22.5. The van der Waals surface area contributed by atoms with E-state index in [1.807, 2.05) is 4.90 Å². The number of benzene rings is 1. The van der Waals surface area contributed by atoms with E-state index in [0.29, 0.717) is 6.54 Å². The predicted octanol–water partition coefficient (Wildman–Crippen LogP) is 4.79. The monoisotopic (exact) mass is 548 g/mol. The lowest BCUT2D eigenvalue weighted by atomic mass is 10.0. The van der Waals surface area contributed by atoms with Crippen molar-refractivity contribution in [3.63, 3.8) is 0 Å². The average molecular weight is 549 g/mol. The molecule has 2 heterocycles. The van der Waals surface area contributed by atoms with Gasteiger partial charge in [-0.15, -0.1) is 0 Å². The smallest absolute Gasteiger partial charge is 0.326 e. The molecule has 3 N–H and O–H groups in total. The maximum atomic E-state index is 14.8. The van der Waals surface area contributed by atoms with Crippen LogP contribution >= 0.6 is 0 Å². The van der Waals surface area contributed by atoms with Crippen LogP contribution in [0.1, 0.15) is 42.5 Å². The fraction of sp³-hybridized carbons (Fsp3) is 0.517. The Balaban J connectivity index is 1.55. The number of halogens is 3. The number of aryl methyl sites for hydroxylation is 2. The molecule has 214 valence electrons. The second kappa shape index (κ2) is 14.9. The molecule has 0 spiro atoms. The van der Waals surface area contributed by atoms with Gasteiger partial charge in [-0.1, -0.05) is 43.0 Å². The van der Waals surface area contributed by atoms with Crippen molar-refractivity contribution in [1.82, 2.24) is 15.2 Å². The number of aliphatic carboxylic acids is 1. The van der Waals surface area contributed by atoms with Gasteiger partial charge in [0.05, 0.1) is 11.8 Å². The molecule has 0 radical (unpaired) electrons. The summed E-state index contributed by atoms with van der Waals surface area (Å²) in [5, 5.41) is 15.5. The second-order valence-electron chi connectivity index (χ2n) is 9.85. The van der Waals surface area contributed by atoms with Crippen LogP contribution in [-0.2, 0) is 28.3 Å². The summed E-state index contributed by atoms with van der Waals surface area (Å²) in [7, 11) is 1.43. The van der Waals surface area contributed by atoms with Gasteiger partial charge in [0.15, 0.2) is 0 Å². The summed E-state index contributed by atoms with van der Waals surface area (Å²) >= 11 is 0. The van der Waals surface area contributed by atoms with Gasteiger partial charge < -0.3 is 25.4 Å². The Hall–Kier alpha value is -3.11. The lowest BCUT2D eigenvalue weighted by Gasteiger charge is -2.28. The number of hydrogen-bond donors (Lipinski definition) is 3. The van der Waals surface area contributed by atoms with Crippen molar-refractivity contribution in [3.05, 3.63) is 71.6 Å². The molecule has 7 nitrogen and oxygen atoms in total. The van der Waals surface area contributed by atoms with Crippen LogP contribution in [0.3, 0.4) is 0 Å². The number of nitrogens with zero attached hydrogens (tertiary/aromatic N) is 2. The van der Waals surface area contributed by atoms with E-state index in [-0.39, 0.29) is 25.1 Å². The van der Waals surface area contributed by atoms with Crippen LogP contribution in [0.5, 0.6) is 0 Å². The highest BCUT2D eigenvalue weighted by Crippen LogP contribution is 2.33. The van der Waals surface area contributed by atoms with Gasteiger partial charge in [-0.3, -0.25) is 0 Å². The molecule has 0 bridgehead atoms. The third kappa shape index (κ3) is 8.96. The predicted molar refractivity (Wildman–Crippen MR) is 146 cm³/mol. The van der Waals surface area contributed by atoms with E-state index in [1.54, 1.807) is 6.07 Å². The number of ether oxygens (including phenoxy) is 1. The quantitative estimate of drug-likeness (QED) is 0.245. The topological polar surface area (TPSA) is 86.7 Å². The Kier molecular flexibility index (Phi) is 11.6. The highest BCUT2D eigenvalue weighted by Gasteiger charge is 2.37. The molecule has 0 aliphatic carbocycles. The maximum Gasteiger partial charge on any atom is 0.326 e. The molecule has 3 rings (SSSR count). The van der Waals surface area contributed by atoms with Gasteiger partial charge in [-0.05, 0) is 56.7 Å². The Bertz CT molecular complexity index is 1070. The molecule has 39 heavy (non-hydrogen) atoms. The number of pyridine rings is 1.